The molecule has 23 heavy (non-hydrogen) atoms. The SMILES string of the molecule is CCCCS(=O)(=O)/C=C/[C@@H]1[C@@H](S(=O)(=O)CCCC)[C@@H]2C=C[C@H]1C2. The van der Waals surface area contributed by atoms with Gasteiger partial charge in [0.1, 0.15) is 0 Å². The van der Waals surface area contributed by atoms with Crippen LogP contribution in [0.25, 0.3) is 0 Å². The van der Waals surface area contributed by atoms with Gasteiger partial charge in [0.2, 0.25) is 0 Å². The van der Waals surface area contributed by atoms with Crippen molar-refractivity contribution in [3.63, 3.8) is 0 Å². The summed E-state index contributed by atoms with van der Waals surface area (Å²) in [6.45, 7) is 3.93. The number of fused-ring (bicyclic) bond motifs is 2. The fourth-order valence-corrected chi connectivity index (χ4v) is 7.40. The van der Waals surface area contributed by atoms with E-state index in [1.54, 1.807) is 6.08 Å². The Morgan fingerprint density at radius 2 is 1.57 bits per heavy atom. The van der Waals surface area contributed by atoms with Gasteiger partial charge in [-0.15, -0.1) is 0 Å². The van der Waals surface area contributed by atoms with Crippen LogP contribution in [0.15, 0.2) is 23.6 Å². The monoisotopic (exact) mass is 360 g/mol. The van der Waals surface area contributed by atoms with E-state index in [1.807, 2.05) is 19.9 Å². The van der Waals surface area contributed by atoms with Crippen molar-refractivity contribution in [1.29, 1.82) is 0 Å². The van der Waals surface area contributed by atoms with Gasteiger partial charge in [-0.3, -0.25) is 0 Å². The maximum atomic E-state index is 12.7. The van der Waals surface area contributed by atoms with Gasteiger partial charge in [0.15, 0.2) is 19.7 Å². The molecule has 0 amide bonds. The molecule has 2 rings (SSSR count). The standard InChI is InChI=1S/C17H28O4S2/c1-3-5-10-22(18,19)12-9-16-14-7-8-15(13-14)17(16)23(20,21)11-6-4-2/h7-9,12,14-17H,3-6,10-11,13H2,1-2H3/b12-9+/t14-,15+,16-,17-/m0/s1. The molecule has 2 aliphatic rings. The molecule has 0 aromatic heterocycles. The summed E-state index contributed by atoms with van der Waals surface area (Å²) in [4.78, 5) is 0. The first kappa shape index (κ1) is 18.7. The van der Waals surface area contributed by atoms with E-state index in [-0.39, 0.29) is 29.3 Å². The summed E-state index contributed by atoms with van der Waals surface area (Å²) < 4.78 is 49.4. The number of allylic oxidation sites excluding steroid dienone is 3. The number of rotatable bonds is 9. The molecule has 0 saturated heterocycles. The van der Waals surface area contributed by atoms with E-state index >= 15 is 0 Å². The van der Waals surface area contributed by atoms with E-state index in [2.05, 4.69) is 6.08 Å². The largest absolute Gasteiger partial charge is 0.229 e. The lowest BCUT2D eigenvalue weighted by atomic mass is 9.93. The first-order valence-corrected chi connectivity index (χ1v) is 12.0. The van der Waals surface area contributed by atoms with Crippen molar-refractivity contribution in [2.45, 2.75) is 51.2 Å². The highest BCUT2D eigenvalue weighted by Crippen LogP contribution is 2.48. The van der Waals surface area contributed by atoms with Gasteiger partial charge in [-0.1, -0.05) is 44.9 Å². The molecule has 1 fully saturated rings. The summed E-state index contributed by atoms with van der Waals surface area (Å²) in [5.74, 6) is 0.374. The van der Waals surface area contributed by atoms with Gasteiger partial charge in [-0.05, 0) is 31.1 Å². The summed E-state index contributed by atoms with van der Waals surface area (Å²) in [5, 5.41) is 0.825. The van der Waals surface area contributed by atoms with Crippen molar-refractivity contribution in [2.75, 3.05) is 11.5 Å². The molecular formula is C17H28O4S2. The van der Waals surface area contributed by atoms with Gasteiger partial charge >= 0.3 is 0 Å². The number of hydrogen-bond donors (Lipinski definition) is 0. The molecule has 6 heteroatoms. The third-order valence-electron chi connectivity index (χ3n) is 4.93. The lowest BCUT2D eigenvalue weighted by Gasteiger charge is -2.25. The summed E-state index contributed by atoms with van der Waals surface area (Å²) in [5.41, 5.74) is 0. The first-order chi connectivity index (χ1) is 10.8. The number of hydrogen-bond acceptors (Lipinski definition) is 4. The minimum absolute atomic E-state index is 0.0508. The highest BCUT2D eigenvalue weighted by Gasteiger charge is 2.49. The second kappa shape index (κ2) is 7.51. The van der Waals surface area contributed by atoms with Gasteiger partial charge in [-0.2, -0.15) is 0 Å². The van der Waals surface area contributed by atoms with Crippen LogP contribution in [0.2, 0.25) is 0 Å². The second-order valence-corrected chi connectivity index (χ2v) is 11.0. The Balaban J connectivity index is 2.18. The molecule has 132 valence electrons. The molecule has 0 spiro atoms. The zero-order chi connectivity index (χ0) is 17.1. The third-order valence-corrected chi connectivity index (χ3v) is 8.71. The highest BCUT2D eigenvalue weighted by atomic mass is 32.2. The summed E-state index contributed by atoms with van der Waals surface area (Å²) in [7, 11) is -6.42. The van der Waals surface area contributed by atoms with Crippen LogP contribution in [-0.4, -0.2) is 33.6 Å². The Morgan fingerprint density at radius 1 is 0.957 bits per heavy atom. The average Bonchev–Trinajstić information content (AvgIpc) is 3.10. The van der Waals surface area contributed by atoms with E-state index in [1.165, 1.54) is 5.41 Å². The van der Waals surface area contributed by atoms with Crippen LogP contribution in [-0.2, 0) is 19.7 Å². The van der Waals surface area contributed by atoms with E-state index in [0.29, 0.717) is 12.8 Å². The lowest BCUT2D eigenvalue weighted by Crippen LogP contribution is -2.34. The Labute approximate surface area is 140 Å². The molecular weight excluding hydrogens is 332 g/mol. The zero-order valence-corrected chi connectivity index (χ0v) is 15.7. The maximum absolute atomic E-state index is 12.7. The van der Waals surface area contributed by atoms with Gasteiger partial charge < -0.3 is 0 Å². The Hall–Kier alpha value is -0.620. The molecule has 0 radical (unpaired) electrons. The van der Waals surface area contributed by atoms with Crippen molar-refractivity contribution >= 4 is 19.7 Å². The third kappa shape index (κ3) is 4.47. The fraction of sp³-hybridized carbons (Fsp3) is 0.765. The van der Waals surface area contributed by atoms with Crippen molar-refractivity contribution in [3.05, 3.63) is 23.6 Å². The highest BCUT2D eigenvalue weighted by molar-refractivity contribution is 7.94. The van der Waals surface area contributed by atoms with Crippen molar-refractivity contribution in [2.24, 2.45) is 17.8 Å². The van der Waals surface area contributed by atoms with Crippen LogP contribution in [0.4, 0.5) is 0 Å². The van der Waals surface area contributed by atoms with Gasteiger partial charge in [0.25, 0.3) is 0 Å². The smallest absolute Gasteiger partial charge is 0.171 e. The van der Waals surface area contributed by atoms with Crippen molar-refractivity contribution < 1.29 is 16.8 Å². The molecule has 0 N–H and O–H groups in total. The zero-order valence-electron chi connectivity index (χ0n) is 14.0. The number of sulfone groups is 2. The molecule has 0 aliphatic heterocycles. The second-order valence-electron chi connectivity index (χ2n) is 6.76. The molecule has 2 aliphatic carbocycles. The molecule has 0 heterocycles. The molecule has 0 aromatic rings. The van der Waals surface area contributed by atoms with Crippen molar-refractivity contribution in [1.82, 2.24) is 0 Å². The lowest BCUT2D eigenvalue weighted by molar-refractivity contribution is 0.513. The molecule has 0 aromatic carbocycles. The van der Waals surface area contributed by atoms with Crippen LogP contribution in [0.5, 0.6) is 0 Å². The minimum atomic E-state index is -3.23. The minimum Gasteiger partial charge on any atom is -0.229 e. The molecule has 1 saturated carbocycles. The predicted octanol–water partition coefficient (Wildman–Crippen LogP) is 3.12. The Morgan fingerprint density at radius 3 is 2.22 bits per heavy atom. The quantitative estimate of drug-likeness (QED) is 0.593. The summed E-state index contributed by atoms with van der Waals surface area (Å²) in [6, 6.07) is 0. The average molecular weight is 361 g/mol. The van der Waals surface area contributed by atoms with Crippen LogP contribution < -0.4 is 0 Å². The molecule has 0 unspecified atom stereocenters. The van der Waals surface area contributed by atoms with Crippen LogP contribution >= 0.6 is 0 Å². The topological polar surface area (TPSA) is 68.3 Å². The maximum Gasteiger partial charge on any atom is 0.171 e. The molecule has 4 atom stereocenters. The number of unbranched alkanes of at least 4 members (excludes halogenated alkanes) is 2. The van der Waals surface area contributed by atoms with Crippen LogP contribution in [0, 0.1) is 17.8 Å². The van der Waals surface area contributed by atoms with Gasteiger partial charge in [-0.25, -0.2) is 16.8 Å². The van der Waals surface area contributed by atoms with Crippen LogP contribution in [0.3, 0.4) is 0 Å². The van der Waals surface area contributed by atoms with E-state index < -0.39 is 24.9 Å². The first-order valence-electron chi connectivity index (χ1n) is 8.61. The normalized spacial score (nSPS) is 30.5. The fourth-order valence-electron chi connectivity index (χ4n) is 3.68. The van der Waals surface area contributed by atoms with Gasteiger partial charge in [0, 0.05) is 11.3 Å². The van der Waals surface area contributed by atoms with E-state index in [9.17, 15) is 16.8 Å². The van der Waals surface area contributed by atoms with Crippen molar-refractivity contribution in [3.8, 4) is 0 Å². The van der Waals surface area contributed by atoms with Gasteiger partial charge in [0.05, 0.1) is 16.8 Å². The van der Waals surface area contributed by atoms with E-state index in [4.69, 9.17) is 0 Å². The summed E-state index contributed by atoms with van der Waals surface area (Å²) in [6.07, 6.45) is 9.55. The summed E-state index contributed by atoms with van der Waals surface area (Å²) >= 11 is 0. The Bertz CT molecular complexity index is 659. The Kier molecular flexibility index (Phi) is 6.11. The molecule has 2 bridgehead atoms. The predicted molar refractivity (Wildman–Crippen MR) is 94.5 cm³/mol. The van der Waals surface area contributed by atoms with Crippen LogP contribution in [0.1, 0.15) is 46.0 Å². The van der Waals surface area contributed by atoms with E-state index in [0.717, 1.165) is 19.3 Å². The molecule has 4 nitrogen and oxygen atoms in total.